The maximum absolute atomic E-state index is 13.0. The molecular formula is C26H36N4O3S. The van der Waals surface area contributed by atoms with Gasteiger partial charge in [-0.3, -0.25) is 14.6 Å². The quantitative estimate of drug-likeness (QED) is 0.654. The molecule has 0 atom stereocenters. The van der Waals surface area contributed by atoms with Gasteiger partial charge in [0.15, 0.2) is 0 Å². The monoisotopic (exact) mass is 484 g/mol. The van der Waals surface area contributed by atoms with Crippen LogP contribution in [-0.2, 0) is 21.4 Å². The van der Waals surface area contributed by atoms with E-state index in [4.69, 9.17) is 0 Å². The SMILES string of the molecule is Cc1ccc(S(=O)(=O)N2CCCN(CC(=O)NC3CCN(Cc4ccccc4)CC3)CC2)cc1. The Morgan fingerprint density at radius 2 is 1.59 bits per heavy atom. The third kappa shape index (κ3) is 6.66. The number of sulfonamides is 1. The number of nitrogens with one attached hydrogen (secondary N) is 1. The molecule has 1 amide bonds. The van der Waals surface area contributed by atoms with E-state index in [1.165, 1.54) is 5.56 Å². The highest BCUT2D eigenvalue weighted by Gasteiger charge is 2.28. The first kappa shape index (κ1) is 24.9. The maximum atomic E-state index is 13.0. The van der Waals surface area contributed by atoms with Gasteiger partial charge in [0.05, 0.1) is 11.4 Å². The van der Waals surface area contributed by atoms with Gasteiger partial charge < -0.3 is 5.32 Å². The summed E-state index contributed by atoms with van der Waals surface area (Å²) in [5.74, 6) is 0.0383. The predicted molar refractivity (Wildman–Crippen MR) is 134 cm³/mol. The van der Waals surface area contributed by atoms with Gasteiger partial charge in [-0.1, -0.05) is 48.0 Å². The van der Waals surface area contributed by atoms with Gasteiger partial charge in [0, 0.05) is 45.3 Å². The molecule has 0 unspecified atom stereocenters. The fourth-order valence-corrected chi connectivity index (χ4v) is 6.23. The summed E-state index contributed by atoms with van der Waals surface area (Å²) in [6.07, 6.45) is 2.64. The molecule has 1 N–H and O–H groups in total. The number of aryl methyl sites for hydroxylation is 1. The molecule has 2 aliphatic rings. The van der Waals surface area contributed by atoms with Crippen LogP contribution in [0, 0.1) is 6.92 Å². The largest absolute Gasteiger partial charge is 0.352 e. The Morgan fingerprint density at radius 1 is 0.882 bits per heavy atom. The minimum Gasteiger partial charge on any atom is -0.352 e. The van der Waals surface area contributed by atoms with E-state index in [0.717, 1.165) is 51.0 Å². The summed E-state index contributed by atoms with van der Waals surface area (Å²) in [5, 5.41) is 3.20. The minimum atomic E-state index is -3.50. The number of hydrogen-bond donors (Lipinski definition) is 1. The van der Waals surface area contributed by atoms with Crippen LogP contribution in [0.5, 0.6) is 0 Å². The molecule has 2 saturated heterocycles. The summed E-state index contributed by atoms with van der Waals surface area (Å²) in [7, 11) is -3.50. The molecule has 2 heterocycles. The number of amides is 1. The number of benzene rings is 2. The normalized spacial score (nSPS) is 19.6. The molecule has 0 bridgehead atoms. The van der Waals surface area contributed by atoms with Gasteiger partial charge in [-0.05, 0) is 50.4 Å². The molecule has 0 saturated carbocycles. The van der Waals surface area contributed by atoms with Crippen LogP contribution in [0.15, 0.2) is 59.5 Å². The second-order valence-electron chi connectivity index (χ2n) is 9.45. The Bertz CT molecular complexity index is 1040. The van der Waals surface area contributed by atoms with Crippen molar-refractivity contribution in [3.8, 4) is 0 Å². The highest BCUT2D eigenvalue weighted by Crippen LogP contribution is 2.18. The van der Waals surface area contributed by atoms with E-state index >= 15 is 0 Å². The Balaban J connectivity index is 1.21. The first-order valence-electron chi connectivity index (χ1n) is 12.2. The Morgan fingerprint density at radius 3 is 2.29 bits per heavy atom. The van der Waals surface area contributed by atoms with Crippen molar-refractivity contribution in [2.45, 2.75) is 43.7 Å². The van der Waals surface area contributed by atoms with Gasteiger partial charge in [-0.25, -0.2) is 8.42 Å². The summed E-state index contributed by atoms with van der Waals surface area (Å²) in [5.41, 5.74) is 2.36. The number of likely N-dealkylation sites (tertiary alicyclic amines) is 1. The summed E-state index contributed by atoms with van der Waals surface area (Å²) in [6.45, 7) is 7.36. The molecule has 0 radical (unpaired) electrons. The predicted octanol–water partition coefficient (Wildman–Crippen LogP) is 2.47. The van der Waals surface area contributed by atoms with Gasteiger partial charge >= 0.3 is 0 Å². The van der Waals surface area contributed by atoms with E-state index in [-0.39, 0.29) is 11.9 Å². The average molecular weight is 485 g/mol. The molecule has 2 aromatic rings. The lowest BCUT2D eigenvalue weighted by atomic mass is 10.0. The third-order valence-corrected chi connectivity index (χ3v) is 8.69. The fraction of sp³-hybridized carbons (Fsp3) is 0.500. The summed E-state index contributed by atoms with van der Waals surface area (Å²) >= 11 is 0. The molecule has 0 aliphatic carbocycles. The van der Waals surface area contributed by atoms with Gasteiger partial charge in [0.1, 0.15) is 0 Å². The van der Waals surface area contributed by atoms with Crippen LogP contribution >= 0.6 is 0 Å². The van der Waals surface area contributed by atoms with Gasteiger partial charge in [0.25, 0.3) is 0 Å². The number of carbonyl (C=O) groups excluding carboxylic acids is 1. The Kier molecular flexibility index (Phi) is 8.37. The molecule has 0 spiro atoms. The maximum Gasteiger partial charge on any atom is 0.243 e. The topological polar surface area (TPSA) is 73.0 Å². The van der Waals surface area contributed by atoms with E-state index in [1.807, 2.05) is 25.1 Å². The molecule has 34 heavy (non-hydrogen) atoms. The van der Waals surface area contributed by atoms with Crippen LogP contribution in [0.1, 0.15) is 30.4 Å². The van der Waals surface area contributed by atoms with Crippen LogP contribution in [0.25, 0.3) is 0 Å². The molecule has 2 aromatic carbocycles. The van der Waals surface area contributed by atoms with Crippen LogP contribution in [0.4, 0.5) is 0 Å². The number of nitrogens with zero attached hydrogens (tertiary/aromatic N) is 3. The molecule has 2 fully saturated rings. The smallest absolute Gasteiger partial charge is 0.243 e. The van der Waals surface area contributed by atoms with Crippen LogP contribution < -0.4 is 5.32 Å². The average Bonchev–Trinajstić information content (AvgIpc) is 3.07. The van der Waals surface area contributed by atoms with E-state index in [1.54, 1.807) is 16.4 Å². The zero-order chi connectivity index (χ0) is 24.0. The van der Waals surface area contributed by atoms with Crippen molar-refractivity contribution in [2.75, 3.05) is 45.8 Å². The molecular weight excluding hydrogens is 448 g/mol. The number of hydrogen-bond acceptors (Lipinski definition) is 5. The van der Waals surface area contributed by atoms with Crippen molar-refractivity contribution in [1.29, 1.82) is 0 Å². The van der Waals surface area contributed by atoms with Gasteiger partial charge in [-0.15, -0.1) is 0 Å². The molecule has 7 nitrogen and oxygen atoms in total. The van der Waals surface area contributed by atoms with Crippen molar-refractivity contribution in [1.82, 2.24) is 19.4 Å². The van der Waals surface area contributed by atoms with Crippen LogP contribution in [0.3, 0.4) is 0 Å². The van der Waals surface area contributed by atoms with E-state index < -0.39 is 10.0 Å². The Hall–Kier alpha value is -2.26. The van der Waals surface area contributed by atoms with Crippen molar-refractivity contribution in [2.24, 2.45) is 0 Å². The second kappa shape index (κ2) is 11.4. The van der Waals surface area contributed by atoms with E-state index in [0.29, 0.717) is 31.1 Å². The number of piperidine rings is 1. The molecule has 4 rings (SSSR count). The van der Waals surface area contributed by atoms with Crippen molar-refractivity contribution in [3.05, 3.63) is 65.7 Å². The second-order valence-corrected chi connectivity index (χ2v) is 11.4. The van der Waals surface area contributed by atoms with Crippen molar-refractivity contribution < 1.29 is 13.2 Å². The number of rotatable bonds is 7. The standard InChI is InChI=1S/C26H36N4O3S/c1-22-8-10-25(11-9-22)34(32,33)30-15-5-14-28(18-19-30)21-26(31)27-24-12-16-29(17-13-24)20-23-6-3-2-4-7-23/h2-4,6-11,24H,5,12-21H2,1H3,(H,27,31). The molecule has 0 aromatic heterocycles. The first-order valence-corrected chi connectivity index (χ1v) is 13.7. The van der Waals surface area contributed by atoms with Crippen LogP contribution in [0.2, 0.25) is 0 Å². The van der Waals surface area contributed by atoms with Crippen molar-refractivity contribution in [3.63, 3.8) is 0 Å². The van der Waals surface area contributed by atoms with Crippen molar-refractivity contribution >= 4 is 15.9 Å². The minimum absolute atomic E-state index is 0.0383. The van der Waals surface area contributed by atoms with E-state index in [9.17, 15) is 13.2 Å². The lowest BCUT2D eigenvalue weighted by molar-refractivity contribution is -0.123. The van der Waals surface area contributed by atoms with E-state index in [2.05, 4.69) is 39.4 Å². The highest BCUT2D eigenvalue weighted by molar-refractivity contribution is 7.89. The number of carbonyl (C=O) groups is 1. The molecule has 8 heteroatoms. The summed E-state index contributed by atoms with van der Waals surface area (Å²) < 4.78 is 27.6. The third-order valence-electron chi connectivity index (χ3n) is 6.78. The first-order chi connectivity index (χ1) is 16.4. The van der Waals surface area contributed by atoms with Gasteiger partial charge in [-0.2, -0.15) is 4.31 Å². The lowest BCUT2D eigenvalue weighted by Gasteiger charge is -2.32. The molecule has 184 valence electrons. The lowest BCUT2D eigenvalue weighted by Crippen LogP contribution is -2.47. The zero-order valence-corrected chi connectivity index (χ0v) is 20.8. The Labute approximate surface area is 203 Å². The zero-order valence-electron chi connectivity index (χ0n) is 20.0. The summed E-state index contributed by atoms with van der Waals surface area (Å²) in [4.78, 5) is 17.5. The van der Waals surface area contributed by atoms with Gasteiger partial charge in [0.2, 0.25) is 15.9 Å². The fourth-order valence-electron chi connectivity index (χ4n) is 4.76. The van der Waals surface area contributed by atoms with Crippen LogP contribution in [-0.4, -0.2) is 80.3 Å². The summed E-state index contributed by atoms with van der Waals surface area (Å²) in [6, 6.07) is 17.7. The molecule has 2 aliphatic heterocycles. The highest BCUT2D eigenvalue weighted by atomic mass is 32.2.